The van der Waals surface area contributed by atoms with Crippen LogP contribution in [-0.4, -0.2) is 21.5 Å². The fourth-order valence-electron chi connectivity index (χ4n) is 2.11. The number of aromatic nitrogens is 3. The van der Waals surface area contributed by atoms with Gasteiger partial charge in [0.15, 0.2) is 0 Å². The molecule has 5 heteroatoms. The van der Waals surface area contributed by atoms with Gasteiger partial charge in [0, 0.05) is 7.05 Å². The van der Waals surface area contributed by atoms with E-state index < -0.39 is 0 Å². The summed E-state index contributed by atoms with van der Waals surface area (Å²) >= 11 is 0. The van der Waals surface area contributed by atoms with E-state index in [1.54, 1.807) is 23.0 Å². The van der Waals surface area contributed by atoms with Gasteiger partial charge in [0.05, 0.1) is 17.9 Å². The molecule has 0 aliphatic rings. The molecule has 1 aromatic carbocycles. The first-order valence-corrected chi connectivity index (χ1v) is 6.53. The van der Waals surface area contributed by atoms with E-state index >= 15 is 0 Å². The van der Waals surface area contributed by atoms with Crippen LogP contribution < -0.4 is 5.32 Å². The molecular formula is C14H19FN4. The Bertz CT molecular complexity index is 524. The zero-order chi connectivity index (χ0) is 13.7. The van der Waals surface area contributed by atoms with Crippen LogP contribution in [0.5, 0.6) is 0 Å². The van der Waals surface area contributed by atoms with Crippen LogP contribution in [0.4, 0.5) is 4.39 Å². The Morgan fingerprint density at radius 1 is 1.42 bits per heavy atom. The molecule has 0 bridgehead atoms. The van der Waals surface area contributed by atoms with Crippen molar-refractivity contribution < 1.29 is 4.39 Å². The van der Waals surface area contributed by atoms with Crippen LogP contribution in [0.2, 0.25) is 0 Å². The van der Waals surface area contributed by atoms with Gasteiger partial charge in [-0.15, -0.1) is 5.10 Å². The summed E-state index contributed by atoms with van der Waals surface area (Å²) in [5.41, 5.74) is 1.98. The van der Waals surface area contributed by atoms with E-state index in [2.05, 4.69) is 22.6 Å². The molecule has 4 nitrogen and oxygen atoms in total. The lowest BCUT2D eigenvalue weighted by Gasteiger charge is -2.18. The van der Waals surface area contributed by atoms with E-state index in [9.17, 15) is 4.39 Å². The lowest BCUT2D eigenvalue weighted by Crippen LogP contribution is -2.26. The SMILES string of the molecule is CCCNC(Cc1cccc(F)c1)c1cnnn1C. The molecule has 0 saturated carbocycles. The van der Waals surface area contributed by atoms with Gasteiger partial charge in [-0.2, -0.15) is 0 Å². The van der Waals surface area contributed by atoms with Crippen LogP contribution in [0.1, 0.15) is 30.6 Å². The fraction of sp³-hybridized carbons (Fsp3) is 0.429. The summed E-state index contributed by atoms with van der Waals surface area (Å²) in [6.45, 7) is 3.03. The number of benzene rings is 1. The second-order valence-electron chi connectivity index (χ2n) is 4.62. The standard InChI is InChI=1S/C14H19FN4/c1-3-7-16-13(14-10-17-18-19(14)2)9-11-5-4-6-12(15)8-11/h4-6,8,10,13,16H,3,7,9H2,1-2H3. The minimum Gasteiger partial charge on any atom is -0.308 e. The average Bonchev–Trinajstić information content (AvgIpc) is 2.81. The van der Waals surface area contributed by atoms with E-state index in [0.717, 1.165) is 30.6 Å². The van der Waals surface area contributed by atoms with Crippen molar-refractivity contribution in [3.63, 3.8) is 0 Å². The van der Waals surface area contributed by atoms with Gasteiger partial charge >= 0.3 is 0 Å². The number of aryl methyl sites for hydroxylation is 1. The average molecular weight is 262 g/mol. The molecule has 0 aliphatic carbocycles. The third-order valence-corrected chi connectivity index (χ3v) is 3.08. The van der Waals surface area contributed by atoms with Gasteiger partial charge in [0.1, 0.15) is 5.82 Å². The van der Waals surface area contributed by atoms with E-state index in [1.807, 2.05) is 13.1 Å². The Morgan fingerprint density at radius 2 is 2.26 bits per heavy atom. The third kappa shape index (κ3) is 3.61. The van der Waals surface area contributed by atoms with Crippen LogP contribution in [0.25, 0.3) is 0 Å². The van der Waals surface area contributed by atoms with Crippen molar-refractivity contribution in [3.8, 4) is 0 Å². The molecule has 0 radical (unpaired) electrons. The molecule has 1 atom stereocenters. The monoisotopic (exact) mass is 262 g/mol. The van der Waals surface area contributed by atoms with Gasteiger partial charge in [-0.3, -0.25) is 4.68 Å². The van der Waals surface area contributed by atoms with E-state index in [1.165, 1.54) is 6.07 Å². The Labute approximate surface area is 112 Å². The highest BCUT2D eigenvalue weighted by atomic mass is 19.1. The van der Waals surface area contributed by atoms with Crippen molar-refractivity contribution in [1.29, 1.82) is 0 Å². The van der Waals surface area contributed by atoms with E-state index in [0.29, 0.717) is 0 Å². The van der Waals surface area contributed by atoms with E-state index in [-0.39, 0.29) is 11.9 Å². The molecule has 0 fully saturated rings. The first-order chi connectivity index (χ1) is 9.20. The second-order valence-corrected chi connectivity index (χ2v) is 4.62. The van der Waals surface area contributed by atoms with Crippen LogP contribution in [0, 0.1) is 5.82 Å². The van der Waals surface area contributed by atoms with Crippen LogP contribution in [0.15, 0.2) is 30.5 Å². The quantitative estimate of drug-likeness (QED) is 0.868. The number of nitrogens with one attached hydrogen (secondary N) is 1. The third-order valence-electron chi connectivity index (χ3n) is 3.08. The predicted octanol–water partition coefficient (Wildman–Crippen LogP) is 2.24. The summed E-state index contributed by atoms with van der Waals surface area (Å²) < 4.78 is 15.0. The minimum atomic E-state index is -0.199. The molecule has 0 saturated heterocycles. The Kier molecular flexibility index (Phi) is 4.63. The summed E-state index contributed by atoms with van der Waals surface area (Å²) in [5.74, 6) is -0.199. The summed E-state index contributed by atoms with van der Waals surface area (Å²) in [6, 6.07) is 6.81. The van der Waals surface area contributed by atoms with Crippen molar-refractivity contribution in [2.75, 3.05) is 6.54 Å². The maximum atomic E-state index is 13.2. The van der Waals surface area contributed by atoms with Crippen molar-refractivity contribution in [2.45, 2.75) is 25.8 Å². The second kappa shape index (κ2) is 6.43. The maximum Gasteiger partial charge on any atom is 0.123 e. The molecule has 1 N–H and O–H groups in total. The van der Waals surface area contributed by atoms with Crippen molar-refractivity contribution in [2.24, 2.45) is 7.05 Å². The molecule has 1 heterocycles. The number of hydrogen-bond donors (Lipinski definition) is 1. The Balaban J connectivity index is 2.16. The van der Waals surface area contributed by atoms with Crippen molar-refractivity contribution >= 4 is 0 Å². The molecule has 2 rings (SSSR count). The molecule has 1 unspecified atom stereocenters. The number of hydrogen-bond acceptors (Lipinski definition) is 3. The highest BCUT2D eigenvalue weighted by Gasteiger charge is 2.15. The zero-order valence-electron chi connectivity index (χ0n) is 11.3. The van der Waals surface area contributed by atoms with Gasteiger partial charge in [-0.25, -0.2) is 4.39 Å². The lowest BCUT2D eigenvalue weighted by atomic mass is 10.0. The van der Waals surface area contributed by atoms with Crippen LogP contribution in [0.3, 0.4) is 0 Å². The number of nitrogens with zero attached hydrogens (tertiary/aromatic N) is 3. The Morgan fingerprint density at radius 3 is 2.89 bits per heavy atom. The van der Waals surface area contributed by atoms with Gasteiger partial charge in [-0.05, 0) is 37.1 Å². The topological polar surface area (TPSA) is 42.7 Å². The summed E-state index contributed by atoms with van der Waals surface area (Å²) in [6.07, 6.45) is 3.52. The molecule has 1 aromatic heterocycles. The van der Waals surface area contributed by atoms with Gasteiger partial charge < -0.3 is 5.32 Å². The largest absolute Gasteiger partial charge is 0.308 e. The normalized spacial score (nSPS) is 12.6. The molecule has 102 valence electrons. The molecule has 0 amide bonds. The predicted molar refractivity (Wildman–Crippen MR) is 72.1 cm³/mol. The molecule has 0 spiro atoms. The van der Waals surface area contributed by atoms with Crippen LogP contribution in [-0.2, 0) is 13.5 Å². The highest BCUT2D eigenvalue weighted by Crippen LogP contribution is 2.17. The molecule has 19 heavy (non-hydrogen) atoms. The van der Waals surface area contributed by atoms with Crippen molar-refractivity contribution in [3.05, 3.63) is 47.5 Å². The molecule has 0 aliphatic heterocycles. The summed E-state index contributed by atoms with van der Waals surface area (Å²) in [5, 5.41) is 11.3. The van der Waals surface area contributed by atoms with Gasteiger partial charge in [0.25, 0.3) is 0 Å². The van der Waals surface area contributed by atoms with Gasteiger partial charge in [-0.1, -0.05) is 24.3 Å². The summed E-state index contributed by atoms with van der Waals surface area (Å²) in [7, 11) is 1.87. The molecular weight excluding hydrogens is 243 g/mol. The Hall–Kier alpha value is -1.75. The number of rotatable bonds is 6. The number of halogens is 1. The zero-order valence-corrected chi connectivity index (χ0v) is 11.3. The lowest BCUT2D eigenvalue weighted by molar-refractivity contribution is 0.491. The smallest absolute Gasteiger partial charge is 0.123 e. The van der Waals surface area contributed by atoms with Gasteiger partial charge in [0.2, 0.25) is 0 Å². The van der Waals surface area contributed by atoms with E-state index in [4.69, 9.17) is 0 Å². The fourth-order valence-corrected chi connectivity index (χ4v) is 2.11. The maximum absolute atomic E-state index is 13.2. The summed E-state index contributed by atoms with van der Waals surface area (Å²) in [4.78, 5) is 0. The first-order valence-electron chi connectivity index (χ1n) is 6.53. The molecule has 2 aromatic rings. The minimum absolute atomic E-state index is 0.0988. The van der Waals surface area contributed by atoms with Crippen molar-refractivity contribution in [1.82, 2.24) is 20.3 Å². The highest BCUT2D eigenvalue weighted by molar-refractivity contribution is 5.19. The first kappa shape index (κ1) is 13.7. The van der Waals surface area contributed by atoms with Crippen LogP contribution >= 0.6 is 0 Å².